The third-order valence-electron chi connectivity index (χ3n) is 0.566. The quantitative estimate of drug-likeness (QED) is 0.540. The summed E-state index contributed by atoms with van der Waals surface area (Å²) in [7, 11) is 0. The molecule has 1 rings (SSSR count). The van der Waals surface area contributed by atoms with E-state index in [1.54, 1.807) is 0 Å². The smallest absolute Gasteiger partial charge is 0.420 e. The summed E-state index contributed by atoms with van der Waals surface area (Å²) < 4.78 is 44.8. The van der Waals surface area contributed by atoms with Gasteiger partial charge in [-0.3, -0.25) is 0 Å². The SMILES string of the molecule is [2H]c1nnc(C(F)(F)F)o1. The standard InChI is InChI=1S/C3HF3N2O/c4-3(5,6)2-8-7-1-9-2/h1H/i1D. The van der Waals surface area contributed by atoms with Gasteiger partial charge in [0, 0.05) is 0 Å². The number of alkyl halides is 3. The van der Waals surface area contributed by atoms with Gasteiger partial charge >= 0.3 is 12.1 Å². The molecule has 0 aliphatic heterocycles. The van der Waals surface area contributed by atoms with Crippen molar-refractivity contribution in [2.24, 2.45) is 0 Å². The molecule has 0 aliphatic rings. The summed E-state index contributed by atoms with van der Waals surface area (Å²) in [6.07, 6.45) is -5.49. The molecule has 0 bridgehead atoms. The van der Waals surface area contributed by atoms with Gasteiger partial charge in [0.15, 0.2) is 0 Å². The fourth-order valence-electron chi connectivity index (χ4n) is 0.264. The highest BCUT2D eigenvalue weighted by Crippen LogP contribution is 2.26. The first-order chi connectivity index (χ1) is 4.50. The molecule has 9 heavy (non-hydrogen) atoms. The summed E-state index contributed by atoms with van der Waals surface area (Å²) >= 11 is 0. The highest BCUT2D eigenvalue weighted by molar-refractivity contribution is 4.78. The van der Waals surface area contributed by atoms with Crippen LogP contribution in [0.4, 0.5) is 13.2 Å². The summed E-state index contributed by atoms with van der Waals surface area (Å²) in [6, 6.07) is 0. The molecule has 0 aliphatic carbocycles. The minimum Gasteiger partial charge on any atom is -0.420 e. The van der Waals surface area contributed by atoms with Crippen molar-refractivity contribution < 1.29 is 19.0 Å². The first-order valence-corrected chi connectivity index (χ1v) is 1.87. The maximum Gasteiger partial charge on any atom is 0.470 e. The second kappa shape index (κ2) is 1.71. The maximum absolute atomic E-state index is 11.5. The average molecular weight is 139 g/mol. The Morgan fingerprint density at radius 1 is 1.67 bits per heavy atom. The molecule has 1 aromatic heterocycles. The maximum atomic E-state index is 11.5. The van der Waals surface area contributed by atoms with Crippen molar-refractivity contribution in [3.05, 3.63) is 12.3 Å². The van der Waals surface area contributed by atoms with E-state index in [-0.39, 0.29) is 0 Å². The van der Waals surface area contributed by atoms with Crippen molar-refractivity contribution in [3.8, 4) is 0 Å². The van der Waals surface area contributed by atoms with E-state index in [9.17, 15) is 13.2 Å². The van der Waals surface area contributed by atoms with Crippen LogP contribution in [0.1, 0.15) is 7.26 Å². The highest BCUT2D eigenvalue weighted by Gasteiger charge is 2.36. The molecule has 3 nitrogen and oxygen atoms in total. The second-order valence-corrected chi connectivity index (χ2v) is 1.20. The zero-order valence-electron chi connectivity index (χ0n) is 4.94. The lowest BCUT2D eigenvalue weighted by Gasteiger charge is -1.95. The predicted molar refractivity (Wildman–Crippen MR) is 19.3 cm³/mol. The van der Waals surface area contributed by atoms with Crippen LogP contribution in [0.2, 0.25) is 0 Å². The van der Waals surface area contributed by atoms with Crippen molar-refractivity contribution >= 4 is 0 Å². The minimum atomic E-state index is -4.65. The van der Waals surface area contributed by atoms with Gasteiger partial charge in [0.25, 0.3) is 0 Å². The van der Waals surface area contributed by atoms with Gasteiger partial charge in [0.05, 0.1) is 0 Å². The van der Waals surface area contributed by atoms with Gasteiger partial charge in [-0.05, 0) is 0 Å². The van der Waals surface area contributed by atoms with Gasteiger partial charge in [-0.25, -0.2) is 0 Å². The van der Waals surface area contributed by atoms with Crippen molar-refractivity contribution in [1.29, 1.82) is 0 Å². The van der Waals surface area contributed by atoms with Crippen molar-refractivity contribution in [3.63, 3.8) is 0 Å². The summed E-state index contributed by atoms with van der Waals surface area (Å²) in [6.45, 7) is 0. The van der Waals surface area contributed by atoms with Gasteiger partial charge < -0.3 is 4.42 Å². The fourth-order valence-corrected chi connectivity index (χ4v) is 0.264. The lowest BCUT2D eigenvalue weighted by molar-refractivity contribution is -0.157. The number of rotatable bonds is 0. The normalized spacial score (nSPS) is 13.4. The lowest BCUT2D eigenvalue weighted by Crippen LogP contribution is -2.04. The number of hydrogen-bond donors (Lipinski definition) is 0. The largest absolute Gasteiger partial charge is 0.470 e. The van der Waals surface area contributed by atoms with E-state index in [1.165, 1.54) is 0 Å². The molecule has 0 fully saturated rings. The van der Waals surface area contributed by atoms with Gasteiger partial charge in [0.2, 0.25) is 6.37 Å². The Hall–Kier alpha value is -1.07. The molecule has 0 saturated heterocycles. The van der Waals surface area contributed by atoms with Crippen LogP contribution in [-0.2, 0) is 6.18 Å². The summed E-state index contributed by atoms with van der Waals surface area (Å²) in [5, 5.41) is 5.27. The molecular weight excluding hydrogens is 137 g/mol. The molecule has 0 amide bonds. The first kappa shape index (κ1) is 4.78. The molecule has 6 heteroatoms. The van der Waals surface area contributed by atoms with E-state index in [0.717, 1.165) is 0 Å². The lowest BCUT2D eigenvalue weighted by atomic mass is 10.7. The van der Waals surface area contributed by atoms with Crippen LogP contribution in [0, 0.1) is 0 Å². The molecule has 1 aromatic rings. The highest BCUT2D eigenvalue weighted by atomic mass is 19.4. The molecule has 0 unspecified atom stereocenters. The van der Waals surface area contributed by atoms with Crippen molar-refractivity contribution in [2.45, 2.75) is 6.18 Å². The summed E-state index contributed by atoms with van der Waals surface area (Å²) in [5.74, 6) is -1.49. The van der Waals surface area contributed by atoms with Crippen LogP contribution in [0.3, 0.4) is 0 Å². The minimum absolute atomic E-state index is 0.840. The third kappa shape index (κ3) is 1.18. The molecule has 0 atom stereocenters. The van der Waals surface area contributed by atoms with Crippen LogP contribution >= 0.6 is 0 Å². The number of nitrogens with zero attached hydrogens (tertiary/aromatic N) is 2. The zero-order chi connectivity index (χ0) is 7.78. The molecule has 0 saturated carbocycles. The van der Waals surface area contributed by atoms with Gasteiger partial charge in [-0.15, -0.1) is 10.2 Å². The molecule has 0 radical (unpaired) electrons. The van der Waals surface area contributed by atoms with E-state index in [0.29, 0.717) is 0 Å². The predicted octanol–water partition coefficient (Wildman–Crippen LogP) is 1.09. The monoisotopic (exact) mass is 139 g/mol. The van der Waals surface area contributed by atoms with E-state index in [2.05, 4.69) is 14.6 Å². The Bertz CT molecular complexity index is 232. The van der Waals surface area contributed by atoms with Gasteiger partial charge in [-0.1, -0.05) is 0 Å². The zero-order valence-corrected chi connectivity index (χ0v) is 3.94. The topological polar surface area (TPSA) is 38.9 Å². The Morgan fingerprint density at radius 2 is 2.33 bits per heavy atom. The Kier molecular flexibility index (Phi) is 0.909. The van der Waals surface area contributed by atoms with Crippen LogP contribution in [-0.4, -0.2) is 10.2 Å². The van der Waals surface area contributed by atoms with Crippen molar-refractivity contribution in [1.82, 2.24) is 10.2 Å². The molecule has 0 spiro atoms. The third-order valence-corrected chi connectivity index (χ3v) is 0.566. The molecule has 0 aromatic carbocycles. The summed E-state index contributed by atoms with van der Waals surface area (Å²) in [5.41, 5.74) is 0. The Labute approximate surface area is 48.9 Å². The van der Waals surface area contributed by atoms with Gasteiger partial charge in [0.1, 0.15) is 1.37 Å². The second-order valence-electron chi connectivity index (χ2n) is 1.20. The number of halogens is 3. The average Bonchev–Trinajstić information content (AvgIpc) is 2.11. The number of hydrogen-bond acceptors (Lipinski definition) is 3. The van der Waals surface area contributed by atoms with E-state index < -0.39 is 18.4 Å². The van der Waals surface area contributed by atoms with Gasteiger partial charge in [-0.2, -0.15) is 13.2 Å². The molecule has 1 heterocycles. The van der Waals surface area contributed by atoms with Crippen LogP contribution in [0.5, 0.6) is 0 Å². The van der Waals surface area contributed by atoms with Crippen molar-refractivity contribution in [2.75, 3.05) is 0 Å². The van der Waals surface area contributed by atoms with E-state index in [1.807, 2.05) is 0 Å². The van der Waals surface area contributed by atoms with E-state index in [4.69, 9.17) is 1.37 Å². The van der Waals surface area contributed by atoms with Crippen LogP contribution in [0.15, 0.2) is 10.8 Å². The van der Waals surface area contributed by atoms with Crippen LogP contribution < -0.4 is 0 Å². The first-order valence-electron chi connectivity index (χ1n) is 2.37. The fraction of sp³-hybridized carbons (Fsp3) is 0.333. The number of aromatic nitrogens is 2. The molecule has 50 valence electrons. The van der Waals surface area contributed by atoms with Crippen LogP contribution in [0.25, 0.3) is 0 Å². The summed E-state index contributed by atoms with van der Waals surface area (Å²) in [4.78, 5) is 0. The molecule has 0 N–H and O–H groups in total. The molecular formula is C3HF3N2O. The van der Waals surface area contributed by atoms with E-state index >= 15 is 0 Å². The Balaban J connectivity index is 2.96. The Morgan fingerprint density at radius 3 is 2.56 bits per heavy atom.